The molecule has 0 saturated carbocycles. The number of nitrogens with one attached hydrogen (secondary N) is 3. The van der Waals surface area contributed by atoms with Crippen LogP contribution in [-0.4, -0.2) is 64.1 Å². The van der Waals surface area contributed by atoms with Crippen LogP contribution in [0.2, 0.25) is 0 Å². The van der Waals surface area contributed by atoms with E-state index in [1.54, 1.807) is 18.2 Å². The minimum absolute atomic E-state index is 0.0472. The largest absolute Gasteiger partial charge is 0.407 e. The number of morpholine rings is 1. The highest BCUT2D eigenvalue weighted by Gasteiger charge is 2.42. The summed E-state index contributed by atoms with van der Waals surface area (Å²) in [6, 6.07) is 12.8. The first kappa shape index (κ1) is 31.4. The number of hydrogen-bond donors (Lipinski definition) is 4. The summed E-state index contributed by atoms with van der Waals surface area (Å²) in [6.45, 7) is 10.3. The van der Waals surface area contributed by atoms with Crippen molar-refractivity contribution in [2.75, 3.05) is 56.2 Å². The molecular formula is C28H42F3N5O2. The number of halogens is 3. The van der Waals surface area contributed by atoms with Gasteiger partial charge in [0.25, 0.3) is 0 Å². The number of hydrogen-bond acceptors (Lipinski definition) is 6. The van der Waals surface area contributed by atoms with Crippen molar-refractivity contribution in [3.05, 3.63) is 60.2 Å². The Bertz CT molecular complexity index is 920. The number of rotatable bonds is 11. The summed E-state index contributed by atoms with van der Waals surface area (Å²) in [6.07, 6.45) is -4.23. The van der Waals surface area contributed by atoms with Crippen LogP contribution in [0.25, 0.3) is 0 Å². The monoisotopic (exact) mass is 537 g/mol. The molecule has 2 aromatic carbocycles. The first-order valence-corrected chi connectivity index (χ1v) is 13.2. The number of alkyl halides is 3. The fourth-order valence-electron chi connectivity index (χ4n) is 4.08. The van der Waals surface area contributed by atoms with Crippen LogP contribution < -0.4 is 26.6 Å². The molecule has 1 heterocycles. The highest BCUT2D eigenvalue weighted by atomic mass is 19.4. The van der Waals surface area contributed by atoms with Crippen molar-refractivity contribution in [3.8, 4) is 0 Å². The van der Waals surface area contributed by atoms with Gasteiger partial charge in [0.1, 0.15) is 6.04 Å². The SMILES string of the molecule is CC(C)CC(NC(c1ccccc1)C(F)(F)F)C(=O)NCCNc1ccc(N2CCOCC2)cc1.CCN. The van der Waals surface area contributed by atoms with Crippen molar-refractivity contribution in [2.24, 2.45) is 11.7 Å². The number of anilines is 2. The summed E-state index contributed by atoms with van der Waals surface area (Å²) in [4.78, 5) is 15.1. The molecule has 2 atom stereocenters. The highest BCUT2D eigenvalue weighted by molar-refractivity contribution is 5.81. The number of ether oxygens (including phenoxy) is 1. The first-order valence-electron chi connectivity index (χ1n) is 13.2. The average molecular weight is 538 g/mol. The Labute approximate surface area is 224 Å². The van der Waals surface area contributed by atoms with E-state index in [-0.39, 0.29) is 11.5 Å². The smallest absolute Gasteiger partial charge is 0.383 e. The number of nitrogens with zero attached hydrogens (tertiary/aromatic N) is 1. The molecule has 2 unspecified atom stereocenters. The Morgan fingerprint density at radius 2 is 1.63 bits per heavy atom. The molecule has 0 aromatic heterocycles. The van der Waals surface area contributed by atoms with Gasteiger partial charge in [0, 0.05) is 37.6 Å². The van der Waals surface area contributed by atoms with E-state index in [1.165, 1.54) is 12.1 Å². The van der Waals surface area contributed by atoms with Gasteiger partial charge in [-0.15, -0.1) is 0 Å². The maximum atomic E-state index is 13.8. The Morgan fingerprint density at radius 1 is 1.03 bits per heavy atom. The maximum absolute atomic E-state index is 13.8. The normalized spacial score (nSPS) is 15.3. The standard InChI is InChI=1S/C26H35F3N4O2.C2H7N/c1-19(2)18-23(32-24(26(27,28)29)20-6-4-3-5-7-20)25(34)31-13-12-30-21-8-10-22(11-9-21)33-14-16-35-17-15-33;1-2-3/h3-11,19,23-24,30,32H,12-18H2,1-2H3,(H,31,34);2-3H2,1H3. The van der Waals surface area contributed by atoms with E-state index in [2.05, 4.69) is 20.9 Å². The third-order valence-corrected chi connectivity index (χ3v) is 5.85. The zero-order valence-electron chi connectivity index (χ0n) is 22.6. The van der Waals surface area contributed by atoms with Crippen LogP contribution >= 0.6 is 0 Å². The number of carbonyl (C=O) groups is 1. The quantitative estimate of drug-likeness (QED) is 0.319. The van der Waals surface area contributed by atoms with Crippen LogP contribution in [0.5, 0.6) is 0 Å². The average Bonchev–Trinajstić information content (AvgIpc) is 2.90. The van der Waals surface area contributed by atoms with Gasteiger partial charge in [-0.3, -0.25) is 10.1 Å². The minimum Gasteiger partial charge on any atom is -0.383 e. The summed E-state index contributed by atoms with van der Waals surface area (Å²) in [5.41, 5.74) is 6.98. The van der Waals surface area contributed by atoms with Crippen LogP contribution in [-0.2, 0) is 9.53 Å². The van der Waals surface area contributed by atoms with Crippen molar-refractivity contribution >= 4 is 17.3 Å². The molecule has 3 rings (SSSR count). The topological polar surface area (TPSA) is 91.7 Å². The van der Waals surface area contributed by atoms with Crippen LogP contribution in [0.3, 0.4) is 0 Å². The highest BCUT2D eigenvalue weighted by Crippen LogP contribution is 2.33. The molecule has 212 valence electrons. The second-order valence-electron chi connectivity index (χ2n) is 9.51. The predicted octanol–water partition coefficient (Wildman–Crippen LogP) is 4.32. The lowest BCUT2D eigenvalue weighted by Gasteiger charge is -2.29. The molecule has 1 aliphatic rings. The van der Waals surface area contributed by atoms with Gasteiger partial charge < -0.3 is 26.0 Å². The van der Waals surface area contributed by atoms with E-state index < -0.39 is 24.2 Å². The molecule has 1 fully saturated rings. The van der Waals surface area contributed by atoms with E-state index in [0.29, 0.717) is 19.5 Å². The Morgan fingerprint density at radius 3 is 2.18 bits per heavy atom. The molecule has 0 aliphatic carbocycles. The lowest BCUT2D eigenvalue weighted by atomic mass is 9.99. The molecule has 0 radical (unpaired) electrons. The molecule has 1 aliphatic heterocycles. The van der Waals surface area contributed by atoms with E-state index >= 15 is 0 Å². The van der Waals surface area contributed by atoms with Gasteiger partial charge in [-0.25, -0.2) is 0 Å². The summed E-state index contributed by atoms with van der Waals surface area (Å²) >= 11 is 0. The van der Waals surface area contributed by atoms with Gasteiger partial charge in [0.2, 0.25) is 5.91 Å². The van der Waals surface area contributed by atoms with Crippen LogP contribution in [0.4, 0.5) is 24.5 Å². The van der Waals surface area contributed by atoms with E-state index in [0.717, 1.165) is 44.2 Å². The van der Waals surface area contributed by atoms with Gasteiger partial charge >= 0.3 is 6.18 Å². The molecule has 1 saturated heterocycles. The third-order valence-electron chi connectivity index (χ3n) is 5.85. The van der Waals surface area contributed by atoms with Gasteiger partial charge in [0.05, 0.1) is 19.3 Å². The van der Waals surface area contributed by atoms with Gasteiger partial charge in [-0.1, -0.05) is 51.1 Å². The van der Waals surface area contributed by atoms with Crippen molar-refractivity contribution in [1.29, 1.82) is 0 Å². The minimum atomic E-state index is -4.52. The van der Waals surface area contributed by atoms with Crippen LogP contribution in [0, 0.1) is 5.92 Å². The molecule has 38 heavy (non-hydrogen) atoms. The third kappa shape index (κ3) is 10.9. The van der Waals surface area contributed by atoms with E-state index in [4.69, 9.17) is 10.5 Å². The second kappa shape index (κ2) is 16.2. The van der Waals surface area contributed by atoms with Crippen LogP contribution in [0.15, 0.2) is 54.6 Å². The lowest BCUT2D eigenvalue weighted by molar-refractivity contribution is -0.161. The van der Waals surface area contributed by atoms with Crippen molar-refractivity contribution in [1.82, 2.24) is 10.6 Å². The Kier molecular flexibility index (Phi) is 13.4. The second-order valence-corrected chi connectivity index (χ2v) is 9.51. The van der Waals surface area contributed by atoms with Crippen LogP contribution in [0.1, 0.15) is 38.8 Å². The molecule has 5 N–H and O–H groups in total. The maximum Gasteiger partial charge on any atom is 0.407 e. The molecular weight excluding hydrogens is 495 g/mol. The van der Waals surface area contributed by atoms with E-state index in [1.807, 2.05) is 45.0 Å². The molecule has 0 spiro atoms. The molecule has 7 nitrogen and oxygen atoms in total. The molecule has 2 aromatic rings. The predicted molar refractivity (Wildman–Crippen MR) is 147 cm³/mol. The summed E-state index contributed by atoms with van der Waals surface area (Å²) in [5, 5.41) is 8.59. The summed E-state index contributed by atoms with van der Waals surface area (Å²) < 4.78 is 46.8. The lowest BCUT2D eigenvalue weighted by Crippen LogP contribution is -2.50. The van der Waals surface area contributed by atoms with Gasteiger partial charge in [-0.05, 0) is 48.7 Å². The van der Waals surface area contributed by atoms with Crippen molar-refractivity contribution in [2.45, 2.75) is 45.5 Å². The molecule has 10 heteroatoms. The van der Waals surface area contributed by atoms with Crippen molar-refractivity contribution in [3.63, 3.8) is 0 Å². The zero-order valence-corrected chi connectivity index (χ0v) is 22.6. The number of nitrogens with two attached hydrogens (primary N) is 1. The summed E-state index contributed by atoms with van der Waals surface area (Å²) in [7, 11) is 0. The summed E-state index contributed by atoms with van der Waals surface area (Å²) in [5.74, 6) is -0.389. The fourth-order valence-corrected chi connectivity index (χ4v) is 4.08. The zero-order chi connectivity index (χ0) is 28.0. The first-order chi connectivity index (χ1) is 18.2. The van der Waals surface area contributed by atoms with Crippen molar-refractivity contribution < 1.29 is 22.7 Å². The number of benzene rings is 2. The number of amides is 1. The Hall–Kier alpha value is -2.82. The fraction of sp³-hybridized carbons (Fsp3) is 0.536. The molecule has 1 amide bonds. The number of carbonyl (C=O) groups excluding carboxylic acids is 1. The van der Waals surface area contributed by atoms with Gasteiger partial charge in [0.15, 0.2) is 0 Å². The van der Waals surface area contributed by atoms with Gasteiger partial charge in [-0.2, -0.15) is 13.2 Å². The van der Waals surface area contributed by atoms with E-state index in [9.17, 15) is 18.0 Å². The Balaban J connectivity index is 0.00000161. The molecule has 0 bridgehead atoms.